The van der Waals surface area contributed by atoms with Crippen LogP contribution in [0.25, 0.3) is 0 Å². The lowest BCUT2D eigenvalue weighted by Gasteiger charge is -2.44. The van der Waals surface area contributed by atoms with Crippen molar-refractivity contribution in [1.82, 2.24) is 9.80 Å². The number of rotatable bonds is 2. The predicted molar refractivity (Wildman–Crippen MR) is 105 cm³/mol. The number of hydrogen-bond acceptors (Lipinski definition) is 2. The summed E-state index contributed by atoms with van der Waals surface area (Å²) in [6.07, 6.45) is 2.29. The van der Waals surface area contributed by atoms with Gasteiger partial charge in [0.15, 0.2) is 0 Å². The minimum Gasteiger partial charge on any atom is -0.343 e. The van der Waals surface area contributed by atoms with E-state index < -0.39 is 5.41 Å². The van der Waals surface area contributed by atoms with Gasteiger partial charge in [-0.25, -0.2) is 0 Å². The lowest BCUT2D eigenvalue weighted by atomic mass is 9.71. The lowest BCUT2D eigenvalue weighted by Crippen LogP contribution is -2.54. The summed E-state index contributed by atoms with van der Waals surface area (Å²) in [5.41, 5.74) is 3.15. The first-order valence-corrected chi connectivity index (χ1v) is 9.77. The van der Waals surface area contributed by atoms with Crippen molar-refractivity contribution in [2.45, 2.75) is 38.1 Å². The molecule has 4 rings (SSSR count). The first-order valence-electron chi connectivity index (χ1n) is 9.77. The van der Waals surface area contributed by atoms with E-state index in [-0.39, 0.29) is 11.8 Å². The third kappa shape index (κ3) is 3.25. The molecule has 0 saturated carbocycles. The van der Waals surface area contributed by atoms with E-state index in [9.17, 15) is 9.59 Å². The summed E-state index contributed by atoms with van der Waals surface area (Å²) in [7, 11) is 0. The molecule has 4 nitrogen and oxygen atoms in total. The fourth-order valence-corrected chi connectivity index (χ4v) is 4.56. The summed E-state index contributed by atoms with van der Waals surface area (Å²) < 4.78 is 0. The Morgan fingerprint density at radius 1 is 0.815 bits per heavy atom. The van der Waals surface area contributed by atoms with E-state index in [0.29, 0.717) is 32.5 Å². The predicted octanol–water partition coefficient (Wildman–Crippen LogP) is 3.15. The molecule has 0 unspecified atom stereocenters. The van der Waals surface area contributed by atoms with Crippen molar-refractivity contribution in [1.29, 1.82) is 0 Å². The second-order valence-electron chi connectivity index (χ2n) is 7.70. The van der Waals surface area contributed by atoms with Crippen LogP contribution in [0.15, 0.2) is 54.6 Å². The molecule has 140 valence electrons. The minimum absolute atomic E-state index is 0.0935. The molecular weight excluding hydrogens is 336 g/mol. The number of likely N-dealkylation sites (tertiary alicyclic amines) is 1. The third-order valence-electron chi connectivity index (χ3n) is 6.22. The molecule has 1 saturated heterocycles. The monoisotopic (exact) mass is 362 g/mol. The van der Waals surface area contributed by atoms with Crippen molar-refractivity contribution in [3.63, 3.8) is 0 Å². The van der Waals surface area contributed by atoms with E-state index in [4.69, 9.17) is 0 Å². The topological polar surface area (TPSA) is 40.6 Å². The summed E-state index contributed by atoms with van der Waals surface area (Å²) in [6.45, 7) is 4.33. The molecular formula is C23H26N2O2. The summed E-state index contributed by atoms with van der Waals surface area (Å²) >= 11 is 0. The number of hydrogen-bond donors (Lipinski definition) is 0. The average molecular weight is 362 g/mol. The van der Waals surface area contributed by atoms with Crippen LogP contribution in [0.5, 0.6) is 0 Å². The van der Waals surface area contributed by atoms with Gasteiger partial charge in [0.25, 0.3) is 0 Å². The number of piperidine rings is 1. The molecule has 1 fully saturated rings. The Bertz CT molecular complexity index is 838. The maximum atomic E-state index is 13.8. The third-order valence-corrected chi connectivity index (χ3v) is 6.22. The molecule has 2 aromatic carbocycles. The smallest absolute Gasteiger partial charge is 0.233 e. The van der Waals surface area contributed by atoms with Crippen LogP contribution in [0.3, 0.4) is 0 Å². The Hall–Kier alpha value is -2.62. The van der Waals surface area contributed by atoms with Crippen molar-refractivity contribution >= 4 is 11.8 Å². The van der Waals surface area contributed by atoms with Crippen molar-refractivity contribution in [3.8, 4) is 0 Å². The molecule has 2 aliphatic rings. The van der Waals surface area contributed by atoms with Gasteiger partial charge in [-0.3, -0.25) is 9.59 Å². The number of fused-ring (bicyclic) bond motifs is 1. The first-order chi connectivity index (χ1) is 13.1. The SMILES string of the molecule is CC(=O)N1CCC(C(=O)N2CCc3ccccc3C2)(c2ccccc2)CC1. The van der Waals surface area contributed by atoms with Crippen molar-refractivity contribution in [2.24, 2.45) is 0 Å². The second kappa shape index (κ2) is 7.18. The maximum absolute atomic E-state index is 13.8. The van der Waals surface area contributed by atoms with Gasteiger partial charge >= 0.3 is 0 Å². The van der Waals surface area contributed by atoms with Crippen LogP contribution in [-0.2, 0) is 28.0 Å². The van der Waals surface area contributed by atoms with Crippen LogP contribution in [-0.4, -0.2) is 41.2 Å². The van der Waals surface area contributed by atoms with Crippen LogP contribution >= 0.6 is 0 Å². The molecule has 2 amide bonds. The average Bonchev–Trinajstić information content (AvgIpc) is 2.73. The molecule has 0 radical (unpaired) electrons. The number of nitrogens with zero attached hydrogens (tertiary/aromatic N) is 2. The Balaban J connectivity index is 1.64. The molecule has 0 bridgehead atoms. The molecule has 0 spiro atoms. The lowest BCUT2D eigenvalue weighted by molar-refractivity contribution is -0.143. The highest BCUT2D eigenvalue weighted by molar-refractivity contribution is 5.89. The minimum atomic E-state index is -0.528. The highest BCUT2D eigenvalue weighted by atomic mass is 16.2. The van der Waals surface area contributed by atoms with Gasteiger partial charge < -0.3 is 9.80 Å². The Morgan fingerprint density at radius 2 is 1.44 bits per heavy atom. The van der Waals surface area contributed by atoms with Crippen LogP contribution in [0.4, 0.5) is 0 Å². The zero-order chi connectivity index (χ0) is 18.9. The molecule has 0 aliphatic carbocycles. The van der Waals surface area contributed by atoms with Gasteiger partial charge in [-0.1, -0.05) is 54.6 Å². The number of carbonyl (C=O) groups excluding carboxylic acids is 2. The second-order valence-corrected chi connectivity index (χ2v) is 7.70. The standard InChI is InChI=1S/C23H26N2O2/c1-18(26)24-15-12-23(13-16-24,21-9-3-2-4-10-21)22(27)25-14-11-19-7-5-6-8-20(19)17-25/h2-10H,11-17H2,1H3. The van der Waals surface area contributed by atoms with E-state index in [2.05, 4.69) is 30.3 Å². The summed E-state index contributed by atoms with van der Waals surface area (Å²) in [6, 6.07) is 18.5. The van der Waals surface area contributed by atoms with Crippen LogP contribution in [0.2, 0.25) is 0 Å². The van der Waals surface area contributed by atoms with Gasteiger partial charge in [0, 0.05) is 33.1 Å². The molecule has 2 heterocycles. The summed E-state index contributed by atoms with van der Waals surface area (Å²) in [5, 5.41) is 0. The first kappa shape index (κ1) is 17.8. The molecule has 4 heteroatoms. The number of carbonyl (C=O) groups is 2. The van der Waals surface area contributed by atoms with Crippen molar-refractivity contribution in [3.05, 3.63) is 71.3 Å². The van der Waals surface area contributed by atoms with E-state index in [1.165, 1.54) is 11.1 Å². The molecule has 0 atom stereocenters. The van der Waals surface area contributed by atoms with E-state index in [0.717, 1.165) is 18.5 Å². The van der Waals surface area contributed by atoms with Gasteiger partial charge in [0.05, 0.1) is 5.41 Å². The van der Waals surface area contributed by atoms with Crippen LogP contribution in [0.1, 0.15) is 36.5 Å². The normalized spacial score (nSPS) is 18.7. The molecule has 2 aliphatic heterocycles. The Morgan fingerprint density at radius 3 is 2.11 bits per heavy atom. The zero-order valence-electron chi connectivity index (χ0n) is 15.9. The van der Waals surface area contributed by atoms with Crippen LogP contribution in [0, 0.1) is 0 Å². The van der Waals surface area contributed by atoms with E-state index in [1.807, 2.05) is 34.1 Å². The van der Waals surface area contributed by atoms with Gasteiger partial charge in [0.2, 0.25) is 11.8 Å². The number of amides is 2. The van der Waals surface area contributed by atoms with Crippen molar-refractivity contribution < 1.29 is 9.59 Å². The zero-order valence-corrected chi connectivity index (χ0v) is 15.9. The van der Waals surface area contributed by atoms with Crippen LogP contribution < -0.4 is 0 Å². The quantitative estimate of drug-likeness (QED) is 0.823. The van der Waals surface area contributed by atoms with Gasteiger partial charge in [-0.15, -0.1) is 0 Å². The molecule has 0 aromatic heterocycles. The maximum Gasteiger partial charge on any atom is 0.233 e. The Kier molecular flexibility index (Phi) is 4.73. The largest absolute Gasteiger partial charge is 0.343 e. The summed E-state index contributed by atoms with van der Waals surface area (Å²) in [4.78, 5) is 29.5. The fraction of sp³-hybridized carbons (Fsp3) is 0.391. The van der Waals surface area contributed by atoms with Crippen molar-refractivity contribution in [2.75, 3.05) is 19.6 Å². The number of benzene rings is 2. The van der Waals surface area contributed by atoms with Gasteiger partial charge in [-0.05, 0) is 36.0 Å². The highest BCUT2D eigenvalue weighted by Crippen LogP contribution is 2.38. The van der Waals surface area contributed by atoms with E-state index >= 15 is 0 Å². The van der Waals surface area contributed by atoms with Gasteiger partial charge in [-0.2, -0.15) is 0 Å². The molecule has 27 heavy (non-hydrogen) atoms. The van der Waals surface area contributed by atoms with E-state index in [1.54, 1.807) is 6.92 Å². The fourth-order valence-electron chi connectivity index (χ4n) is 4.56. The molecule has 2 aromatic rings. The van der Waals surface area contributed by atoms with Gasteiger partial charge in [0.1, 0.15) is 0 Å². The Labute approximate surface area is 160 Å². The molecule has 0 N–H and O–H groups in total. The highest BCUT2D eigenvalue weighted by Gasteiger charge is 2.45. The summed E-state index contributed by atoms with van der Waals surface area (Å²) in [5.74, 6) is 0.308.